The first-order chi connectivity index (χ1) is 11.3. The Morgan fingerprint density at radius 1 is 1.21 bits per heavy atom. The van der Waals surface area contributed by atoms with E-state index in [2.05, 4.69) is 5.32 Å². The van der Waals surface area contributed by atoms with Gasteiger partial charge in [-0.25, -0.2) is 4.39 Å². The fourth-order valence-electron chi connectivity index (χ4n) is 2.74. The van der Waals surface area contributed by atoms with Crippen molar-refractivity contribution in [3.8, 4) is 16.9 Å². The molecule has 1 aliphatic rings. The van der Waals surface area contributed by atoms with Crippen molar-refractivity contribution in [3.63, 3.8) is 0 Å². The number of fused-ring (bicyclic) bond motifs is 1. The standard InChI is InChI=1S/C17H16F4N2O/c1-9-2-3-12(14(4-9)17(19,20)21)13-5-10(18)6-15-16(13)24-11(7-22)8-23-15/h2-6,11,23H,7-8,22H2,1H3. The quantitative estimate of drug-likeness (QED) is 0.814. The highest BCUT2D eigenvalue weighted by molar-refractivity contribution is 5.81. The molecule has 2 aromatic carbocycles. The molecule has 3 rings (SSSR count). The zero-order valence-corrected chi connectivity index (χ0v) is 12.9. The van der Waals surface area contributed by atoms with Gasteiger partial charge in [-0.05, 0) is 24.6 Å². The summed E-state index contributed by atoms with van der Waals surface area (Å²) in [5, 5.41) is 2.96. The number of benzene rings is 2. The number of anilines is 1. The Morgan fingerprint density at radius 3 is 2.62 bits per heavy atom. The van der Waals surface area contributed by atoms with Crippen LogP contribution in [0.2, 0.25) is 0 Å². The van der Waals surface area contributed by atoms with E-state index in [1.54, 1.807) is 13.0 Å². The summed E-state index contributed by atoms with van der Waals surface area (Å²) in [6.07, 6.45) is -4.95. The molecule has 0 saturated heterocycles. The lowest BCUT2D eigenvalue weighted by Crippen LogP contribution is -2.37. The van der Waals surface area contributed by atoms with Crippen molar-refractivity contribution in [1.82, 2.24) is 0 Å². The largest absolute Gasteiger partial charge is 0.484 e. The number of hydrogen-bond acceptors (Lipinski definition) is 3. The van der Waals surface area contributed by atoms with Gasteiger partial charge in [-0.1, -0.05) is 17.7 Å². The summed E-state index contributed by atoms with van der Waals surface area (Å²) >= 11 is 0. The summed E-state index contributed by atoms with van der Waals surface area (Å²) in [4.78, 5) is 0. The van der Waals surface area contributed by atoms with E-state index in [-0.39, 0.29) is 29.5 Å². The van der Waals surface area contributed by atoms with E-state index in [0.29, 0.717) is 17.8 Å². The molecule has 24 heavy (non-hydrogen) atoms. The second kappa shape index (κ2) is 5.98. The molecule has 3 N–H and O–H groups in total. The van der Waals surface area contributed by atoms with Crippen LogP contribution in [0.5, 0.6) is 5.75 Å². The smallest absolute Gasteiger partial charge is 0.417 e. The van der Waals surface area contributed by atoms with E-state index in [4.69, 9.17) is 10.5 Å². The molecule has 0 amide bonds. The van der Waals surface area contributed by atoms with Gasteiger partial charge in [0.1, 0.15) is 11.9 Å². The molecule has 2 aromatic rings. The molecule has 0 radical (unpaired) electrons. The lowest BCUT2D eigenvalue weighted by molar-refractivity contribution is -0.137. The highest BCUT2D eigenvalue weighted by Crippen LogP contribution is 2.45. The van der Waals surface area contributed by atoms with E-state index in [1.807, 2.05) is 0 Å². The maximum Gasteiger partial charge on any atom is 0.417 e. The van der Waals surface area contributed by atoms with Crippen LogP contribution in [-0.4, -0.2) is 19.2 Å². The van der Waals surface area contributed by atoms with Crippen LogP contribution in [0.3, 0.4) is 0 Å². The average Bonchev–Trinajstić information content (AvgIpc) is 2.53. The average molecular weight is 340 g/mol. The van der Waals surface area contributed by atoms with Crippen LogP contribution >= 0.6 is 0 Å². The van der Waals surface area contributed by atoms with Crippen LogP contribution in [0, 0.1) is 12.7 Å². The number of nitrogens with one attached hydrogen (secondary N) is 1. The summed E-state index contributed by atoms with van der Waals surface area (Å²) in [6.45, 7) is 2.14. The molecule has 128 valence electrons. The lowest BCUT2D eigenvalue weighted by atomic mass is 9.95. The highest BCUT2D eigenvalue weighted by Gasteiger charge is 2.35. The Balaban J connectivity index is 2.23. The number of nitrogens with two attached hydrogens (primary N) is 1. The van der Waals surface area contributed by atoms with Crippen LogP contribution < -0.4 is 15.8 Å². The Hall–Kier alpha value is -2.28. The lowest BCUT2D eigenvalue weighted by Gasteiger charge is -2.29. The summed E-state index contributed by atoms with van der Waals surface area (Å²) in [5.41, 5.74) is 5.48. The molecule has 7 heteroatoms. The number of hydrogen-bond donors (Lipinski definition) is 2. The van der Waals surface area contributed by atoms with Crippen molar-refractivity contribution in [2.24, 2.45) is 5.73 Å². The molecule has 0 spiro atoms. The van der Waals surface area contributed by atoms with Crippen molar-refractivity contribution < 1.29 is 22.3 Å². The van der Waals surface area contributed by atoms with Crippen molar-refractivity contribution in [2.45, 2.75) is 19.2 Å². The van der Waals surface area contributed by atoms with Crippen LogP contribution in [0.4, 0.5) is 23.2 Å². The van der Waals surface area contributed by atoms with Crippen molar-refractivity contribution in [3.05, 3.63) is 47.3 Å². The number of rotatable bonds is 2. The van der Waals surface area contributed by atoms with Gasteiger partial charge in [0.15, 0.2) is 5.75 Å². The number of halogens is 4. The van der Waals surface area contributed by atoms with Gasteiger partial charge in [0.25, 0.3) is 0 Å². The molecule has 0 saturated carbocycles. The van der Waals surface area contributed by atoms with Crippen molar-refractivity contribution in [1.29, 1.82) is 0 Å². The van der Waals surface area contributed by atoms with Gasteiger partial charge >= 0.3 is 6.18 Å². The third kappa shape index (κ3) is 3.03. The summed E-state index contributed by atoms with van der Waals surface area (Å²) < 4.78 is 59.9. The van der Waals surface area contributed by atoms with E-state index < -0.39 is 17.6 Å². The van der Waals surface area contributed by atoms with Gasteiger partial charge in [0.05, 0.1) is 17.8 Å². The second-order valence-corrected chi connectivity index (χ2v) is 5.73. The Kier molecular flexibility index (Phi) is 4.13. The minimum Gasteiger partial charge on any atom is -0.484 e. The first-order valence-corrected chi connectivity index (χ1v) is 7.42. The molecule has 0 aromatic heterocycles. The molecule has 0 aliphatic carbocycles. The van der Waals surface area contributed by atoms with E-state index in [1.165, 1.54) is 12.1 Å². The van der Waals surface area contributed by atoms with Gasteiger partial charge in [-0.2, -0.15) is 13.2 Å². The molecule has 0 bridgehead atoms. The molecule has 3 nitrogen and oxygen atoms in total. The number of alkyl halides is 3. The minimum atomic E-state index is -4.56. The number of aryl methyl sites for hydroxylation is 1. The van der Waals surface area contributed by atoms with Crippen LogP contribution in [0.15, 0.2) is 30.3 Å². The Labute approximate surface area is 136 Å². The molecule has 1 aliphatic heterocycles. The Bertz CT molecular complexity index is 774. The van der Waals surface area contributed by atoms with Gasteiger partial charge in [0.2, 0.25) is 0 Å². The first-order valence-electron chi connectivity index (χ1n) is 7.42. The molecule has 1 heterocycles. The summed E-state index contributed by atoms with van der Waals surface area (Å²) in [5.74, 6) is -0.452. The monoisotopic (exact) mass is 340 g/mol. The SMILES string of the molecule is Cc1ccc(-c2cc(F)cc3c2OC(CN)CN3)c(C(F)(F)F)c1. The topological polar surface area (TPSA) is 47.3 Å². The van der Waals surface area contributed by atoms with Gasteiger partial charge in [-0.15, -0.1) is 0 Å². The fraction of sp³-hybridized carbons (Fsp3) is 0.294. The molecular formula is C17H16F4N2O. The number of ether oxygens (including phenoxy) is 1. The third-order valence-corrected chi connectivity index (χ3v) is 3.89. The van der Waals surface area contributed by atoms with E-state index in [0.717, 1.165) is 12.1 Å². The van der Waals surface area contributed by atoms with Crippen LogP contribution in [0.25, 0.3) is 11.1 Å². The zero-order valence-electron chi connectivity index (χ0n) is 12.9. The summed E-state index contributed by atoms with van der Waals surface area (Å²) in [6, 6.07) is 6.19. The van der Waals surface area contributed by atoms with Crippen molar-refractivity contribution in [2.75, 3.05) is 18.4 Å². The van der Waals surface area contributed by atoms with Crippen molar-refractivity contribution >= 4 is 5.69 Å². The molecular weight excluding hydrogens is 324 g/mol. The van der Waals surface area contributed by atoms with E-state index >= 15 is 0 Å². The maximum atomic E-state index is 13.9. The van der Waals surface area contributed by atoms with Crippen LogP contribution in [-0.2, 0) is 6.18 Å². The third-order valence-electron chi connectivity index (χ3n) is 3.89. The van der Waals surface area contributed by atoms with Gasteiger partial charge < -0.3 is 15.8 Å². The van der Waals surface area contributed by atoms with Gasteiger partial charge in [-0.3, -0.25) is 0 Å². The predicted molar refractivity (Wildman–Crippen MR) is 83.5 cm³/mol. The Morgan fingerprint density at radius 2 is 1.96 bits per heavy atom. The maximum absolute atomic E-state index is 13.9. The van der Waals surface area contributed by atoms with Crippen LogP contribution in [0.1, 0.15) is 11.1 Å². The minimum absolute atomic E-state index is 0.0583. The zero-order chi connectivity index (χ0) is 17.5. The second-order valence-electron chi connectivity index (χ2n) is 5.73. The first kappa shape index (κ1) is 16.6. The van der Waals surface area contributed by atoms with E-state index in [9.17, 15) is 17.6 Å². The molecule has 1 atom stereocenters. The van der Waals surface area contributed by atoms with Gasteiger partial charge in [0, 0.05) is 18.2 Å². The predicted octanol–water partition coefficient (Wildman–Crippen LogP) is 3.95. The highest BCUT2D eigenvalue weighted by atomic mass is 19.4. The summed E-state index contributed by atoms with van der Waals surface area (Å²) in [7, 11) is 0. The molecule has 1 unspecified atom stereocenters. The molecule has 0 fully saturated rings. The fourth-order valence-corrected chi connectivity index (χ4v) is 2.74. The normalized spacial score (nSPS) is 17.0.